The van der Waals surface area contributed by atoms with Crippen LogP contribution in [-0.2, 0) is 14.4 Å². The molecule has 0 saturated heterocycles. The molecule has 1 rings (SSSR count). The van der Waals surface area contributed by atoms with Crippen LogP contribution in [0.2, 0.25) is 0 Å². The van der Waals surface area contributed by atoms with Crippen LogP contribution in [0.5, 0.6) is 0 Å². The molecule has 0 aliphatic heterocycles. The lowest BCUT2D eigenvalue weighted by Crippen LogP contribution is -2.49. The third-order valence-corrected chi connectivity index (χ3v) is 4.04. The molecule has 0 spiro atoms. The van der Waals surface area contributed by atoms with E-state index in [2.05, 4.69) is 10.6 Å². The molecule has 6 heteroatoms. The van der Waals surface area contributed by atoms with Crippen molar-refractivity contribution in [1.82, 2.24) is 10.6 Å². The van der Waals surface area contributed by atoms with E-state index in [9.17, 15) is 19.5 Å². The van der Waals surface area contributed by atoms with Crippen LogP contribution in [0.15, 0.2) is 0 Å². The molecule has 2 amide bonds. The molecular weight excluding hydrogens is 272 g/mol. The van der Waals surface area contributed by atoms with Gasteiger partial charge in [0.1, 0.15) is 6.04 Å². The fourth-order valence-corrected chi connectivity index (χ4v) is 3.01. The van der Waals surface area contributed by atoms with Crippen molar-refractivity contribution in [3.8, 4) is 0 Å². The Hall–Kier alpha value is -1.59. The summed E-state index contributed by atoms with van der Waals surface area (Å²) in [5, 5.41) is 14.5. The molecule has 1 aliphatic carbocycles. The van der Waals surface area contributed by atoms with E-state index in [1.54, 1.807) is 0 Å². The van der Waals surface area contributed by atoms with Crippen molar-refractivity contribution in [3.05, 3.63) is 0 Å². The van der Waals surface area contributed by atoms with Gasteiger partial charge in [0.05, 0.1) is 11.8 Å². The summed E-state index contributed by atoms with van der Waals surface area (Å²) in [7, 11) is 1.53. The molecule has 0 bridgehead atoms. The van der Waals surface area contributed by atoms with Crippen LogP contribution >= 0.6 is 0 Å². The topological polar surface area (TPSA) is 95.5 Å². The van der Waals surface area contributed by atoms with Crippen LogP contribution in [0.25, 0.3) is 0 Å². The first-order chi connectivity index (χ1) is 9.76. The van der Waals surface area contributed by atoms with E-state index >= 15 is 0 Å². The van der Waals surface area contributed by atoms with Gasteiger partial charge in [-0.3, -0.25) is 14.4 Å². The van der Waals surface area contributed by atoms with Crippen molar-refractivity contribution in [2.75, 3.05) is 7.05 Å². The number of carbonyl (C=O) groups excluding carboxylic acids is 2. The fraction of sp³-hybridized carbons (Fsp3) is 0.800. The van der Waals surface area contributed by atoms with Crippen molar-refractivity contribution in [3.63, 3.8) is 0 Å². The zero-order valence-corrected chi connectivity index (χ0v) is 13.2. The zero-order chi connectivity index (χ0) is 16.2. The molecule has 1 fully saturated rings. The number of hydrogen-bond acceptors (Lipinski definition) is 3. The monoisotopic (exact) mass is 298 g/mol. The number of carbonyl (C=O) groups is 3. The minimum Gasteiger partial charge on any atom is -0.481 e. The summed E-state index contributed by atoms with van der Waals surface area (Å²) in [5.74, 6) is -2.21. The smallest absolute Gasteiger partial charge is 0.307 e. The molecule has 0 heterocycles. The molecule has 4 unspecified atom stereocenters. The van der Waals surface area contributed by atoms with Gasteiger partial charge in [0, 0.05) is 7.05 Å². The third kappa shape index (κ3) is 4.72. The minimum absolute atomic E-state index is 0.213. The summed E-state index contributed by atoms with van der Waals surface area (Å²) in [4.78, 5) is 35.5. The van der Waals surface area contributed by atoms with Crippen LogP contribution < -0.4 is 10.6 Å². The van der Waals surface area contributed by atoms with Crippen molar-refractivity contribution in [1.29, 1.82) is 0 Å². The molecule has 0 aromatic carbocycles. The van der Waals surface area contributed by atoms with Gasteiger partial charge in [0.15, 0.2) is 0 Å². The quantitative estimate of drug-likeness (QED) is 0.682. The Kier molecular flexibility index (Phi) is 6.18. The maximum absolute atomic E-state index is 12.4. The van der Waals surface area contributed by atoms with Crippen LogP contribution in [0, 0.1) is 23.7 Å². The molecule has 0 aromatic rings. The highest BCUT2D eigenvalue weighted by Crippen LogP contribution is 2.36. The zero-order valence-electron chi connectivity index (χ0n) is 13.2. The van der Waals surface area contributed by atoms with E-state index in [4.69, 9.17) is 0 Å². The van der Waals surface area contributed by atoms with Gasteiger partial charge < -0.3 is 15.7 Å². The van der Waals surface area contributed by atoms with Crippen LogP contribution in [0.4, 0.5) is 0 Å². The average molecular weight is 298 g/mol. The second kappa shape index (κ2) is 7.43. The molecule has 4 atom stereocenters. The molecular formula is C15H26N2O4. The number of amides is 2. The predicted octanol–water partition coefficient (Wildman–Crippen LogP) is 1.01. The summed E-state index contributed by atoms with van der Waals surface area (Å²) in [6, 6.07) is -0.604. The number of nitrogens with one attached hydrogen (secondary N) is 2. The van der Waals surface area contributed by atoms with Crippen LogP contribution in [-0.4, -0.2) is 36.0 Å². The van der Waals surface area contributed by atoms with Gasteiger partial charge in [0.25, 0.3) is 0 Å². The molecule has 21 heavy (non-hydrogen) atoms. The predicted molar refractivity (Wildman–Crippen MR) is 78.5 cm³/mol. The number of likely N-dealkylation sites (N-methyl/N-ethyl adjacent to an activating group) is 1. The normalized spacial score (nSPS) is 26.4. The van der Waals surface area contributed by atoms with Gasteiger partial charge >= 0.3 is 5.97 Å². The second-order valence-corrected chi connectivity index (χ2v) is 6.43. The van der Waals surface area contributed by atoms with E-state index in [1.807, 2.05) is 20.8 Å². The van der Waals surface area contributed by atoms with E-state index in [-0.39, 0.29) is 23.7 Å². The maximum atomic E-state index is 12.4. The van der Waals surface area contributed by atoms with Crippen molar-refractivity contribution in [2.24, 2.45) is 23.7 Å². The lowest BCUT2D eigenvalue weighted by atomic mass is 9.94. The van der Waals surface area contributed by atoms with Gasteiger partial charge in [-0.2, -0.15) is 0 Å². The van der Waals surface area contributed by atoms with Gasteiger partial charge in [-0.1, -0.05) is 20.8 Å². The van der Waals surface area contributed by atoms with E-state index < -0.39 is 23.8 Å². The Morgan fingerprint density at radius 2 is 1.76 bits per heavy atom. The summed E-state index contributed by atoms with van der Waals surface area (Å²) < 4.78 is 0. The Balaban J connectivity index is 2.76. The highest BCUT2D eigenvalue weighted by molar-refractivity contribution is 5.90. The standard InChI is InChI=1S/C15H26N2O4/c1-8(2)5-12(14(19)16-4)17-13(18)10-6-9(3)7-11(10)15(20)21/h8-12H,5-7H2,1-4H3,(H,16,19)(H,17,18)(H,20,21). The molecule has 1 aliphatic rings. The van der Waals surface area contributed by atoms with Gasteiger partial charge in [0.2, 0.25) is 11.8 Å². The van der Waals surface area contributed by atoms with Gasteiger partial charge in [-0.15, -0.1) is 0 Å². The van der Waals surface area contributed by atoms with Crippen LogP contribution in [0.1, 0.15) is 40.0 Å². The van der Waals surface area contributed by atoms with Crippen molar-refractivity contribution >= 4 is 17.8 Å². The largest absolute Gasteiger partial charge is 0.481 e. The fourth-order valence-electron chi connectivity index (χ4n) is 3.01. The molecule has 6 nitrogen and oxygen atoms in total. The summed E-state index contributed by atoms with van der Waals surface area (Å²) in [6.45, 7) is 5.90. The first-order valence-electron chi connectivity index (χ1n) is 7.51. The Morgan fingerprint density at radius 3 is 2.24 bits per heavy atom. The highest BCUT2D eigenvalue weighted by atomic mass is 16.4. The van der Waals surface area contributed by atoms with Crippen LogP contribution in [0.3, 0.4) is 0 Å². The van der Waals surface area contributed by atoms with Crippen molar-refractivity contribution in [2.45, 2.75) is 46.1 Å². The van der Waals surface area contributed by atoms with E-state index in [0.29, 0.717) is 19.3 Å². The molecule has 3 N–H and O–H groups in total. The van der Waals surface area contributed by atoms with Gasteiger partial charge in [-0.05, 0) is 31.1 Å². The Labute approximate surface area is 125 Å². The lowest BCUT2D eigenvalue weighted by Gasteiger charge is -2.22. The van der Waals surface area contributed by atoms with E-state index in [1.165, 1.54) is 7.05 Å². The minimum atomic E-state index is -0.931. The Bertz CT molecular complexity index is 408. The number of carboxylic acids is 1. The maximum Gasteiger partial charge on any atom is 0.307 e. The Morgan fingerprint density at radius 1 is 1.19 bits per heavy atom. The van der Waals surface area contributed by atoms with Crippen molar-refractivity contribution < 1.29 is 19.5 Å². The highest BCUT2D eigenvalue weighted by Gasteiger charge is 2.42. The number of hydrogen-bond donors (Lipinski definition) is 3. The SMILES string of the molecule is CNC(=O)C(CC(C)C)NC(=O)C1CC(C)CC1C(=O)O. The average Bonchev–Trinajstić information content (AvgIpc) is 2.78. The first-order valence-corrected chi connectivity index (χ1v) is 7.51. The molecule has 120 valence electrons. The van der Waals surface area contributed by atoms with Gasteiger partial charge in [-0.25, -0.2) is 0 Å². The van der Waals surface area contributed by atoms with E-state index in [0.717, 1.165) is 0 Å². The number of carboxylic acid groups (broad SMARTS) is 1. The summed E-state index contributed by atoms with van der Waals surface area (Å²) in [5.41, 5.74) is 0. The summed E-state index contributed by atoms with van der Waals surface area (Å²) >= 11 is 0. The molecule has 1 saturated carbocycles. The summed E-state index contributed by atoms with van der Waals surface area (Å²) in [6.07, 6.45) is 1.61. The first kappa shape index (κ1) is 17.5. The second-order valence-electron chi connectivity index (χ2n) is 6.43. The number of rotatable bonds is 6. The lowest BCUT2D eigenvalue weighted by molar-refractivity contribution is -0.146. The molecule has 0 aromatic heterocycles. The third-order valence-electron chi connectivity index (χ3n) is 4.04. The number of aliphatic carboxylic acids is 1. The molecule has 0 radical (unpaired) electrons.